The molecule has 2 rings (SSSR count). The molecule has 98 valence electrons. The van der Waals surface area contributed by atoms with E-state index in [9.17, 15) is 4.79 Å². The van der Waals surface area contributed by atoms with Gasteiger partial charge in [-0.1, -0.05) is 19.3 Å². The van der Waals surface area contributed by atoms with E-state index in [4.69, 9.17) is 10.5 Å². The number of anilines is 2. The van der Waals surface area contributed by atoms with Crippen LogP contribution < -0.4 is 11.1 Å². The zero-order valence-electron chi connectivity index (χ0n) is 10.5. The fourth-order valence-electron chi connectivity index (χ4n) is 2.27. The highest BCUT2D eigenvalue weighted by atomic mass is 16.5. The number of amides is 1. The maximum Gasteiger partial charge on any atom is 0.411 e. The van der Waals surface area contributed by atoms with E-state index in [1.807, 2.05) is 0 Å². The Kier molecular flexibility index (Phi) is 4.45. The van der Waals surface area contributed by atoms with E-state index in [1.54, 1.807) is 24.3 Å². The molecule has 1 aromatic rings. The molecule has 1 fully saturated rings. The molecular formula is C14H20N2O2. The van der Waals surface area contributed by atoms with Gasteiger partial charge in [0, 0.05) is 11.4 Å². The molecule has 1 aromatic carbocycles. The van der Waals surface area contributed by atoms with Crippen molar-refractivity contribution >= 4 is 17.5 Å². The molecule has 1 saturated carbocycles. The molecule has 3 N–H and O–H groups in total. The van der Waals surface area contributed by atoms with Gasteiger partial charge in [0.2, 0.25) is 0 Å². The molecule has 0 heterocycles. The van der Waals surface area contributed by atoms with Crippen molar-refractivity contribution in [1.29, 1.82) is 0 Å². The SMILES string of the molecule is Nc1ccc(NC(=O)OCC2CCCCC2)cc1. The van der Waals surface area contributed by atoms with E-state index < -0.39 is 0 Å². The Morgan fingerprint density at radius 2 is 1.89 bits per heavy atom. The third kappa shape index (κ3) is 3.95. The molecule has 4 nitrogen and oxygen atoms in total. The summed E-state index contributed by atoms with van der Waals surface area (Å²) >= 11 is 0. The fraction of sp³-hybridized carbons (Fsp3) is 0.500. The number of ether oxygens (including phenoxy) is 1. The van der Waals surface area contributed by atoms with Crippen molar-refractivity contribution in [3.63, 3.8) is 0 Å². The van der Waals surface area contributed by atoms with Gasteiger partial charge in [-0.25, -0.2) is 4.79 Å². The van der Waals surface area contributed by atoms with Crippen LogP contribution in [-0.4, -0.2) is 12.7 Å². The van der Waals surface area contributed by atoms with Gasteiger partial charge in [-0.15, -0.1) is 0 Å². The van der Waals surface area contributed by atoms with Crippen LogP contribution in [0.4, 0.5) is 16.2 Å². The molecule has 0 aromatic heterocycles. The van der Waals surface area contributed by atoms with E-state index in [0.29, 0.717) is 23.9 Å². The number of carbonyl (C=O) groups is 1. The highest BCUT2D eigenvalue weighted by molar-refractivity contribution is 5.84. The van der Waals surface area contributed by atoms with Crippen LogP contribution in [0, 0.1) is 5.92 Å². The predicted octanol–water partition coefficient (Wildman–Crippen LogP) is 3.40. The molecule has 18 heavy (non-hydrogen) atoms. The minimum absolute atomic E-state index is 0.384. The van der Waals surface area contributed by atoms with E-state index in [1.165, 1.54) is 32.1 Å². The van der Waals surface area contributed by atoms with E-state index in [-0.39, 0.29) is 6.09 Å². The molecule has 0 aliphatic heterocycles. The van der Waals surface area contributed by atoms with Crippen molar-refractivity contribution in [2.45, 2.75) is 32.1 Å². The first-order valence-electron chi connectivity index (χ1n) is 6.53. The van der Waals surface area contributed by atoms with Gasteiger partial charge in [0.1, 0.15) is 0 Å². The van der Waals surface area contributed by atoms with Crippen molar-refractivity contribution in [1.82, 2.24) is 0 Å². The standard InChI is InChI=1S/C14H20N2O2/c15-12-6-8-13(9-7-12)16-14(17)18-10-11-4-2-1-3-5-11/h6-9,11H,1-5,10,15H2,(H,16,17). The van der Waals surface area contributed by atoms with Gasteiger partial charge >= 0.3 is 6.09 Å². The molecule has 0 saturated heterocycles. The summed E-state index contributed by atoms with van der Waals surface area (Å²) in [6.45, 7) is 0.529. The van der Waals surface area contributed by atoms with Crippen molar-refractivity contribution in [2.75, 3.05) is 17.7 Å². The Hall–Kier alpha value is -1.71. The number of benzene rings is 1. The summed E-state index contributed by atoms with van der Waals surface area (Å²) < 4.78 is 5.23. The summed E-state index contributed by atoms with van der Waals surface area (Å²) in [6, 6.07) is 7.02. The van der Waals surface area contributed by atoms with Crippen LogP contribution in [0.25, 0.3) is 0 Å². The van der Waals surface area contributed by atoms with E-state index in [2.05, 4.69) is 5.32 Å². The lowest BCUT2D eigenvalue weighted by Crippen LogP contribution is -2.20. The molecule has 1 amide bonds. The first-order valence-corrected chi connectivity index (χ1v) is 6.53. The van der Waals surface area contributed by atoms with Gasteiger partial charge in [0.15, 0.2) is 0 Å². The zero-order chi connectivity index (χ0) is 12.8. The molecule has 0 unspecified atom stereocenters. The fourth-order valence-corrected chi connectivity index (χ4v) is 2.27. The third-order valence-corrected chi connectivity index (χ3v) is 3.33. The summed E-state index contributed by atoms with van der Waals surface area (Å²) in [5.74, 6) is 0.538. The summed E-state index contributed by atoms with van der Waals surface area (Å²) in [5.41, 5.74) is 6.95. The van der Waals surface area contributed by atoms with Crippen LogP contribution in [0.2, 0.25) is 0 Å². The number of nitrogens with two attached hydrogens (primary N) is 1. The Bertz CT molecular complexity index is 383. The minimum Gasteiger partial charge on any atom is -0.449 e. The Labute approximate surface area is 108 Å². The normalized spacial score (nSPS) is 16.2. The van der Waals surface area contributed by atoms with Crippen molar-refractivity contribution in [2.24, 2.45) is 5.92 Å². The Morgan fingerprint density at radius 3 is 2.56 bits per heavy atom. The number of rotatable bonds is 3. The van der Waals surface area contributed by atoms with Crippen LogP contribution in [0.1, 0.15) is 32.1 Å². The monoisotopic (exact) mass is 248 g/mol. The van der Waals surface area contributed by atoms with Crippen molar-refractivity contribution < 1.29 is 9.53 Å². The molecule has 1 aliphatic carbocycles. The smallest absolute Gasteiger partial charge is 0.411 e. The van der Waals surface area contributed by atoms with Crippen LogP contribution in [0.3, 0.4) is 0 Å². The first-order chi connectivity index (χ1) is 8.74. The van der Waals surface area contributed by atoms with Gasteiger partial charge in [0.05, 0.1) is 6.61 Å². The van der Waals surface area contributed by atoms with E-state index in [0.717, 1.165) is 0 Å². The Balaban J connectivity index is 1.73. The lowest BCUT2D eigenvalue weighted by Gasteiger charge is -2.21. The number of nitrogen functional groups attached to an aromatic ring is 1. The molecule has 0 bridgehead atoms. The first kappa shape index (κ1) is 12.7. The molecule has 4 heteroatoms. The van der Waals surface area contributed by atoms with Gasteiger partial charge in [-0.05, 0) is 43.0 Å². The lowest BCUT2D eigenvalue weighted by molar-refractivity contribution is 0.128. The summed E-state index contributed by atoms with van der Waals surface area (Å²) in [6.07, 6.45) is 5.80. The Morgan fingerprint density at radius 1 is 1.22 bits per heavy atom. The van der Waals surface area contributed by atoms with Crippen LogP contribution in [0.5, 0.6) is 0 Å². The number of hydrogen-bond donors (Lipinski definition) is 2. The van der Waals surface area contributed by atoms with Gasteiger partial charge in [0.25, 0.3) is 0 Å². The van der Waals surface area contributed by atoms with Gasteiger partial charge in [-0.2, -0.15) is 0 Å². The second kappa shape index (κ2) is 6.28. The molecule has 0 spiro atoms. The predicted molar refractivity (Wildman–Crippen MR) is 72.4 cm³/mol. The van der Waals surface area contributed by atoms with Crippen molar-refractivity contribution in [3.05, 3.63) is 24.3 Å². The average Bonchev–Trinajstić information content (AvgIpc) is 2.40. The number of hydrogen-bond acceptors (Lipinski definition) is 3. The zero-order valence-corrected chi connectivity index (χ0v) is 10.5. The quantitative estimate of drug-likeness (QED) is 0.806. The molecule has 1 aliphatic rings. The lowest BCUT2D eigenvalue weighted by atomic mass is 9.90. The number of carbonyl (C=O) groups excluding carboxylic acids is 1. The largest absolute Gasteiger partial charge is 0.449 e. The van der Waals surface area contributed by atoms with Crippen LogP contribution in [0.15, 0.2) is 24.3 Å². The number of nitrogens with one attached hydrogen (secondary N) is 1. The highest BCUT2D eigenvalue weighted by Crippen LogP contribution is 2.23. The molecule has 0 atom stereocenters. The maximum absolute atomic E-state index is 11.6. The average molecular weight is 248 g/mol. The van der Waals surface area contributed by atoms with E-state index >= 15 is 0 Å². The highest BCUT2D eigenvalue weighted by Gasteiger charge is 2.15. The van der Waals surface area contributed by atoms with Gasteiger partial charge in [-0.3, -0.25) is 5.32 Å². The summed E-state index contributed by atoms with van der Waals surface area (Å²) in [7, 11) is 0. The van der Waals surface area contributed by atoms with Gasteiger partial charge < -0.3 is 10.5 Å². The summed E-state index contributed by atoms with van der Waals surface area (Å²) in [5, 5.41) is 2.69. The molecular weight excluding hydrogens is 228 g/mol. The second-order valence-corrected chi connectivity index (χ2v) is 4.85. The van der Waals surface area contributed by atoms with Crippen LogP contribution >= 0.6 is 0 Å². The third-order valence-electron chi connectivity index (χ3n) is 3.33. The van der Waals surface area contributed by atoms with Crippen LogP contribution in [-0.2, 0) is 4.74 Å². The molecule has 0 radical (unpaired) electrons. The minimum atomic E-state index is -0.384. The second-order valence-electron chi connectivity index (χ2n) is 4.85. The maximum atomic E-state index is 11.6. The topological polar surface area (TPSA) is 64.3 Å². The summed E-state index contributed by atoms with van der Waals surface area (Å²) in [4.78, 5) is 11.6. The van der Waals surface area contributed by atoms with Crippen molar-refractivity contribution in [3.8, 4) is 0 Å².